The van der Waals surface area contributed by atoms with Gasteiger partial charge in [-0.3, -0.25) is 9.59 Å². The van der Waals surface area contributed by atoms with E-state index in [4.69, 9.17) is 15.7 Å². The molecule has 1 aromatic carbocycles. The first-order chi connectivity index (χ1) is 14.2. The summed E-state index contributed by atoms with van der Waals surface area (Å²) in [4.78, 5) is 31.8. The number of aryl methyl sites for hydroxylation is 1. The molecule has 2 saturated heterocycles. The largest absolute Gasteiger partial charge is 0.544 e. The molecule has 6 nitrogen and oxygen atoms in total. The second-order valence-corrected chi connectivity index (χ2v) is 15.5. The van der Waals surface area contributed by atoms with Crippen molar-refractivity contribution in [2.75, 3.05) is 4.90 Å². The summed E-state index contributed by atoms with van der Waals surface area (Å²) in [6.45, 7) is 23.6. The summed E-state index contributed by atoms with van der Waals surface area (Å²) >= 11 is 0. The van der Waals surface area contributed by atoms with Gasteiger partial charge >= 0.3 is 0 Å². The summed E-state index contributed by atoms with van der Waals surface area (Å²) in [5.74, 6) is -1.04. The summed E-state index contributed by atoms with van der Waals surface area (Å²) in [5, 5.41) is -0.00391. The van der Waals surface area contributed by atoms with E-state index in [0.29, 0.717) is 17.1 Å². The fourth-order valence-corrected chi connectivity index (χ4v) is 5.95. The molecule has 2 amide bonds. The van der Waals surface area contributed by atoms with Crippen LogP contribution in [-0.2, 0) is 18.8 Å². The van der Waals surface area contributed by atoms with Gasteiger partial charge in [0.1, 0.15) is 17.0 Å². The van der Waals surface area contributed by atoms with E-state index < -0.39 is 31.4 Å². The predicted molar refractivity (Wildman–Crippen MR) is 121 cm³/mol. The average molecular weight is 439 g/mol. The molecule has 0 N–H and O–H groups in total. The molecule has 1 aromatic rings. The lowest BCUT2D eigenvalue weighted by atomic mass is 9.72. The van der Waals surface area contributed by atoms with Crippen molar-refractivity contribution in [3.63, 3.8) is 0 Å². The van der Waals surface area contributed by atoms with Crippen LogP contribution in [0.15, 0.2) is 30.0 Å². The third-order valence-electron chi connectivity index (χ3n) is 7.59. The fraction of sp³-hybridized carbons (Fsp3) is 0.542. The van der Waals surface area contributed by atoms with Crippen molar-refractivity contribution in [3.8, 4) is 0 Å². The Hall–Kier alpha value is -2.43. The molecule has 0 saturated carbocycles. The molecule has 7 heteroatoms. The fourth-order valence-electron chi connectivity index (χ4n) is 4.83. The third kappa shape index (κ3) is 2.85. The van der Waals surface area contributed by atoms with Crippen LogP contribution < -0.4 is 4.90 Å². The zero-order valence-corrected chi connectivity index (χ0v) is 20.5. The number of ether oxygens (including phenoxy) is 1. The minimum atomic E-state index is -2.16. The Morgan fingerprint density at radius 2 is 1.77 bits per heavy atom. The molecular weight excluding hydrogens is 408 g/mol. The van der Waals surface area contributed by atoms with Crippen molar-refractivity contribution in [2.24, 2.45) is 11.8 Å². The highest BCUT2D eigenvalue weighted by atomic mass is 28.4. The summed E-state index contributed by atoms with van der Waals surface area (Å²) in [7, 11) is -2.16. The normalized spacial score (nSPS) is 32.2. The van der Waals surface area contributed by atoms with Crippen LogP contribution in [0.3, 0.4) is 0 Å². The Balaban J connectivity index is 1.73. The Morgan fingerprint density at radius 3 is 2.32 bits per heavy atom. The highest BCUT2D eigenvalue weighted by Gasteiger charge is 2.74. The summed E-state index contributed by atoms with van der Waals surface area (Å²) in [6, 6.07) is 5.06. The van der Waals surface area contributed by atoms with Gasteiger partial charge in [0.2, 0.25) is 20.1 Å². The molecule has 3 heterocycles. The molecule has 2 fully saturated rings. The first kappa shape index (κ1) is 21.8. The Morgan fingerprint density at radius 1 is 1.16 bits per heavy atom. The number of hydrogen-bond acceptors (Lipinski definition) is 4. The van der Waals surface area contributed by atoms with Gasteiger partial charge in [-0.05, 0) is 62.7 Å². The number of benzene rings is 1. The van der Waals surface area contributed by atoms with Crippen LogP contribution in [0.2, 0.25) is 18.1 Å². The summed E-state index contributed by atoms with van der Waals surface area (Å²) in [6.07, 6.45) is 1.93. The maximum absolute atomic E-state index is 13.6. The molecule has 0 aromatic heterocycles. The van der Waals surface area contributed by atoms with E-state index in [1.165, 1.54) is 4.90 Å². The molecule has 0 aliphatic carbocycles. The quantitative estimate of drug-likeness (QED) is 0.373. The van der Waals surface area contributed by atoms with Gasteiger partial charge in [-0.1, -0.05) is 26.8 Å². The predicted octanol–water partition coefficient (Wildman–Crippen LogP) is 5.12. The lowest BCUT2D eigenvalue weighted by Gasteiger charge is -2.41. The minimum absolute atomic E-state index is 0.00391. The second-order valence-electron chi connectivity index (χ2n) is 10.8. The smallest absolute Gasteiger partial charge is 0.250 e. The van der Waals surface area contributed by atoms with Gasteiger partial charge < -0.3 is 9.16 Å². The highest BCUT2D eigenvalue weighted by molar-refractivity contribution is 6.74. The van der Waals surface area contributed by atoms with E-state index in [0.717, 1.165) is 5.56 Å². The average Bonchev–Trinajstić information content (AvgIpc) is 3.15. The molecule has 0 radical (unpaired) electrons. The van der Waals surface area contributed by atoms with Crippen LogP contribution in [0.1, 0.15) is 40.2 Å². The number of anilines is 1. The number of carbonyl (C=O) groups is 2. The topological polar surface area (TPSA) is 60.2 Å². The zero-order chi connectivity index (χ0) is 23.1. The van der Waals surface area contributed by atoms with E-state index in [1.54, 1.807) is 18.2 Å². The second kappa shape index (κ2) is 6.30. The van der Waals surface area contributed by atoms with Gasteiger partial charge in [-0.25, -0.2) is 9.74 Å². The number of carbonyl (C=O) groups excluding carboxylic acids is 2. The third-order valence-corrected chi connectivity index (χ3v) is 11.9. The van der Waals surface area contributed by atoms with Crippen molar-refractivity contribution in [3.05, 3.63) is 47.0 Å². The molecule has 2 unspecified atom stereocenters. The number of rotatable bonds is 3. The maximum Gasteiger partial charge on any atom is 0.250 e. The highest BCUT2D eigenvalue weighted by Crippen LogP contribution is 2.61. The van der Waals surface area contributed by atoms with Gasteiger partial charge in [-0.2, -0.15) is 0 Å². The molecule has 0 spiro atoms. The Labute approximate surface area is 185 Å². The number of imide groups is 1. The monoisotopic (exact) mass is 438 g/mol. The van der Waals surface area contributed by atoms with Crippen molar-refractivity contribution in [2.45, 2.75) is 70.9 Å². The van der Waals surface area contributed by atoms with Crippen LogP contribution >= 0.6 is 0 Å². The van der Waals surface area contributed by atoms with Gasteiger partial charge in [0.25, 0.3) is 0 Å². The van der Waals surface area contributed by atoms with Crippen LogP contribution in [0, 0.1) is 25.3 Å². The molecule has 4 atom stereocenters. The molecule has 4 rings (SSSR count). The summed E-state index contributed by atoms with van der Waals surface area (Å²) < 4.78 is 13.0. The standard InChI is InChI=1S/C24H30N2O4Si/c1-14-12-15(10-11-16(14)25-7)26-20(27)18-19(21(26)28)24(6)17(13-23(18,5)30-24)29-31(8,9)22(2,3)4/h10-13,18-19H,1-6,8-9H3/t18-,19+,23?,24?/m1/s1. The van der Waals surface area contributed by atoms with Gasteiger partial charge in [0.15, 0.2) is 5.69 Å². The first-order valence-electron chi connectivity index (χ1n) is 10.6. The maximum atomic E-state index is 13.6. The molecule has 164 valence electrons. The van der Waals surface area contributed by atoms with Crippen molar-refractivity contribution in [1.29, 1.82) is 0 Å². The van der Waals surface area contributed by atoms with Gasteiger partial charge in [0, 0.05) is 5.69 Å². The van der Waals surface area contributed by atoms with E-state index in [2.05, 4.69) is 38.7 Å². The van der Waals surface area contributed by atoms with Gasteiger partial charge in [-0.15, -0.1) is 0 Å². The number of fused-ring (bicyclic) bond motifs is 5. The zero-order valence-electron chi connectivity index (χ0n) is 19.5. The van der Waals surface area contributed by atoms with Crippen molar-refractivity contribution >= 4 is 31.5 Å². The number of nitrogens with zero attached hydrogens (tertiary/aromatic N) is 2. The van der Waals surface area contributed by atoms with Gasteiger partial charge in [0.05, 0.1) is 18.4 Å². The van der Waals surface area contributed by atoms with Crippen LogP contribution in [-0.4, -0.2) is 31.3 Å². The van der Waals surface area contributed by atoms with E-state index in [1.807, 2.05) is 26.8 Å². The Kier molecular flexibility index (Phi) is 4.43. The van der Waals surface area contributed by atoms with Crippen molar-refractivity contribution in [1.82, 2.24) is 0 Å². The van der Waals surface area contributed by atoms with E-state index >= 15 is 0 Å². The van der Waals surface area contributed by atoms with E-state index in [-0.39, 0.29) is 16.9 Å². The molecule has 3 aliphatic rings. The first-order valence-corrected chi connectivity index (χ1v) is 13.6. The van der Waals surface area contributed by atoms with Crippen LogP contribution in [0.4, 0.5) is 11.4 Å². The van der Waals surface area contributed by atoms with Crippen LogP contribution in [0.25, 0.3) is 4.85 Å². The van der Waals surface area contributed by atoms with E-state index in [9.17, 15) is 9.59 Å². The summed E-state index contributed by atoms with van der Waals surface area (Å²) in [5.41, 5.74) is -0.0989. The van der Waals surface area contributed by atoms with Crippen LogP contribution in [0.5, 0.6) is 0 Å². The molecular formula is C24H30N2O4Si. The van der Waals surface area contributed by atoms with Crippen molar-refractivity contribution < 1.29 is 18.8 Å². The lowest BCUT2D eigenvalue weighted by Crippen LogP contribution is -2.47. The molecule has 2 bridgehead atoms. The Bertz CT molecular complexity index is 1080. The number of hydrogen-bond donors (Lipinski definition) is 0. The molecule has 3 aliphatic heterocycles. The number of amides is 2. The molecule has 31 heavy (non-hydrogen) atoms. The minimum Gasteiger partial charge on any atom is -0.544 e. The SMILES string of the molecule is [C-]#[N+]c1ccc(N2C(=O)[C@@H]3[C@H](C2=O)C2(C)C=C(O[Si](C)(C)C(C)(C)C)C3(C)O2)cc1C. The lowest BCUT2D eigenvalue weighted by molar-refractivity contribution is -0.129.